The topological polar surface area (TPSA) is 58.8 Å². The van der Waals surface area contributed by atoms with Crippen LogP contribution in [0.2, 0.25) is 0 Å². The van der Waals surface area contributed by atoms with Crippen molar-refractivity contribution in [2.24, 2.45) is 10.9 Å². The molecule has 2 N–H and O–H groups in total. The maximum Gasteiger partial charge on any atom is 0.191 e. The summed E-state index contributed by atoms with van der Waals surface area (Å²) in [6, 6.07) is 12.1. The molecule has 0 unspecified atom stereocenters. The Morgan fingerprint density at radius 2 is 1.96 bits per heavy atom. The lowest BCUT2D eigenvalue weighted by Gasteiger charge is -2.12. The van der Waals surface area contributed by atoms with Crippen LogP contribution in [0, 0.1) is 5.92 Å². The first-order valence-electron chi connectivity index (χ1n) is 8.36. The van der Waals surface area contributed by atoms with Crippen LogP contribution >= 0.6 is 0 Å². The van der Waals surface area contributed by atoms with E-state index in [1.165, 1.54) is 5.56 Å². The minimum atomic E-state index is 0.536. The van der Waals surface area contributed by atoms with Gasteiger partial charge in [0, 0.05) is 13.6 Å². The second kappa shape index (κ2) is 9.65. The normalized spacial score (nSPS) is 11.6. The third-order valence-electron chi connectivity index (χ3n) is 3.45. The molecule has 1 aromatic carbocycles. The summed E-state index contributed by atoms with van der Waals surface area (Å²) in [5.74, 6) is 3.11. The fourth-order valence-electron chi connectivity index (χ4n) is 2.15. The molecule has 0 aliphatic rings. The lowest BCUT2D eigenvalue weighted by Crippen LogP contribution is -2.37. The Bertz CT molecular complexity index is 604. The van der Waals surface area contributed by atoms with Crippen molar-refractivity contribution in [3.8, 4) is 5.75 Å². The van der Waals surface area contributed by atoms with Gasteiger partial charge >= 0.3 is 0 Å². The second-order valence-corrected chi connectivity index (χ2v) is 6.03. The summed E-state index contributed by atoms with van der Waals surface area (Å²) in [5.41, 5.74) is 1.26. The first-order valence-corrected chi connectivity index (χ1v) is 8.36. The Morgan fingerprint density at radius 1 is 1.17 bits per heavy atom. The van der Waals surface area contributed by atoms with Crippen molar-refractivity contribution in [3.05, 3.63) is 54.0 Å². The average Bonchev–Trinajstić information content (AvgIpc) is 3.10. The number of nitrogens with zero attached hydrogens (tertiary/aromatic N) is 1. The molecule has 0 aliphatic carbocycles. The summed E-state index contributed by atoms with van der Waals surface area (Å²) < 4.78 is 11.0. The van der Waals surface area contributed by atoms with Gasteiger partial charge in [-0.05, 0) is 42.2 Å². The number of guanidine groups is 1. The Kier molecular flexibility index (Phi) is 7.21. The maximum absolute atomic E-state index is 5.70. The van der Waals surface area contributed by atoms with Gasteiger partial charge < -0.3 is 19.8 Å². The first kappa shape index (κ1) is 17.9. The average molecular weight is 329 g/mol. The van der Waals surface area contributed by atoms with Crippen LogP contribution in [0.25, 0.3) is 0 Å². The first-order chi connectivity index (χ1) is 11.7. The van der Waals surface area contributed by atoms with E-state index < -0.39 is 0 Å². The van der Waals surface area contributed by atoms with Crippen molar-refractivity contribution in [2.45, 2.75) is 26.8 Å². The van der Waals surface area contributed by atoms with Gasteiger partial charge in [0.1, 0.15) is 11.5 Å². The lowest BCUT2D eigenvalue weighted by atomic mass is 10.1. The molecule has 0 radical (unpaired) electrons. The van der Waals surface area contributed by atoms with Gasteiger partial charge in [0.15, 0.2) is 5.96 Å². The van der Waals surface area contributed by atoms with Crippen LogP contribution in [0.1, 0.15) is 25.2 Å². The number of ether oxygens (including phenoxy) is 1. The zero-order valence-corrected chi connectivity index (χ0v) is 14.7. The largest absolute Gasteiger partial charge is 0.493 e. The van der Waals surface area contributed by atoms with E-state index in [-0.39, 0.29) is 0 Å². The molecule has 0 amide bonds. The van der Waals surface area contributed by atoms with Gasteiger partial charge in [0.05, 0.1) is 19.4 Å². The molecule has 1 heterocycles. The molecule has 24 heavy (non-hydrogen) atoms. The van der Waals surface area contributed by atoms with Crippen molar-refractivity contribution >= 4 is 5.96 Å². The minimum absolute atomic E-state index is 0.536. The van der Waals surface area contributed by atoms with Gasteiger partial charge in [0.25, 0.3) is 0 Å². The van der Waals surface area contributed by atoms with Gasteiger partial charge in [-0.3, -0.25) is 4.99 Å². The number of hydrogen-bond donors (Lipinski definition) is 2. The molecule has 2 rings (SSSR count). The van der Waals surface area contributed by atoms with Gasteiger partial charge in [-0.1, -0.05) is 26.0 Å². The van der Waals surface area contributed by atoms with E-state index >= 15 is 0 Å². The summed E-state index contributed by atoms with van der Waals surface area (Å²) in [7, 11) is 1.76. The van der Waals surface area contributed by atoms with Gasteiger partial charge in [-0.15, -0.1) is 0 Å². The number of nitrogens with one attached hydrogen (secondary N) is 2. The van der Waals surface area contributed by atoms with E-state index in [0.29, 0.717) is 12.5 Å². The van der Waals surface area contributed by atoms with Crippen LogP contribution in [0.3, 0.4) is 0 Å². The van der Waals surface area contributed by atoms with Crippen LogP contribution < -0.4 is 15.4 Å². The number of aliphatic imine (C=N–C) groups is 1. The molecule has 5 nitrogen and oxygen atoms in total. The fourth-order valence-corrected chi connectivity index (χ4v) is 2.15. The Hall–Kier alpha value is -2.43. The van der Waals surface area contributed by atoms with E-state index in [2.05, 4.69) is 41.6 Å². The Labute approximate surface area is 144 Å². The predicted molar refractivity (Wildman–Crippen MR) is 97.4 cm³/mol. The van der Waals surface area contributed by atoms with Crippen molar-refractivity contribution in [1.29, 1.82) is 0 Å². The summed E-state index contributed by atoms with van der Waals surface area (Å²) in [5, 5.41) is 6.52. The number of hydrogen-bond acceptors (Lipinski definition) is 3. The minimum Gasteiger partial charge on any atom is -0.493 e. The molecule has 0 spiro atoms. The molecular weight excluding hydrogens is 302 g/mol. The number of rotatable bonds is 8. The van der Waals surface area contributed by atoms with Crippen LogP contribution in [0.4, 0.5) is 0 Å². The van der Waals surface area contributed by atoms with E-state index in [4.69, 9.17) is 9.15 Å². The second-order valence-electron chi connectivity index (χ2n) is 6.03. The van der Waals surface area contributed by atoms with E-state index in [1.807, 2.05) is 24.3 Å². The highest BCUT2D eigenvalue weighted by molar-refractivity contribution is 5.79. The van der Waals surface area contributed by atoms with Crippen LogP contribution in [0.15, 0.2) is 52.1 Å². The van der Waals surface area contributed by atoms with E-state index in [0.717, 1.165) is 37.0 Å². The molecule has 0 fully saturated rings. The van der Waals surface area contributed by atoms with Crippen molar-refractivity contribution in [3.63, 3.8) is 0 Å². The maximum atomic E-state index is 5.70. The van der Waals surface area contributed by atoms with Gasteiger partial charge in [-0.2, -0.15) is 0 Å². The van der Waals surface area contributed by atoms with Crippen molar-refractivity contribution in [1.82, 2.24) is 10.6 Å². The zero-order valence-electron chi connectivity index (χ0n) is 14.7. The summed E-state index contributed by atoms with van der Waals surface area (Å²) in [6.45, 7) is 6.47. The highest BCUT2D eigenvalue weighted by Gasteiger charge is 2.01. The lowest BCUT2D eigenvalue weighted by molar-refractivity contribution is 0.271. The molecule has 0 atom stereocenters. The molecule has 1 aromatic heterocycles. The van der Waals surface area contributed by atoms with E-state index in [9.17, 15) is 0 Å². The summed E-state index contributed by atoms with van der Waals surface area (Å²) in [4.78, 5) is 4.21. The van der Waals surface area contributed by atoms with Crippen LogP contribution in [-0.4, -0.2) is 26.2 Å². The van der Waals surface area contributed by atoms with Crippen molar-refractivity contribution in [2.75, 3.05) is 20.2 Å². The monoisotopic (exact) mass is 329 g/mol. The third-order valence-corrected chi connectivity index (χ3v) is 3.45. The standard InChI is InChI=1S/C19H27N3O2/c1-15(2)14-24-17-8-6-16(7-9-17)10-11-21-19(20-3)22-13-18-5-4-12-23-18/h4-9,12,15H,10-11,13-14H2,1-3H3,(H2,20,21,22). The van der Waals surface area contributed by atoms with Crippen molar-refractivity contribution < 1.29 is 9.15 Å². The van der Waals surface area contributed by atoms with Gasteiger partial charge in [-0.25, -0.2) is 0 Å². The molecule has 2 aromatic rings. The molecule has 0 bridgehead atoms. The van der Waals surface area contributed by atoms with Gasteiger partial charge in [0.2, 0.25) is 0 Å². The summed E-state index contributed by atoms with van der Waals surface area (Å²) in [6.07, 6.45) is 2.59. The SMILES string of the molecule is CN=C(NCCc1ccc(OCC(C)C)cc1)NCc1ccco1. The Balaban J connectivity index is 1.70. The Morgan fingerprint density at radius 3 is 2.58 bits per heavy atom. The molecule has 0 aliphatic heterocycles. The highest BCUT2D eigenvalue weighted by atomic mass is 16.5. The smallest absolute Gasteiger partial charge is 0.191 e. The fraction of sp³-hybridized carbons (Fsp3) is 0.421. The third kappa shape index (κ3) is 6.36. The quantitative estimate of drug-likeness (QED) is 0.577. The van der Waals surface area contributed by atoms with Crippen LogP contribution in [-0.2, 0) is 13.0 Å². The highest BCUT2D eigenvalue weighted by Crippen LogP contribution is 2.13. The molecule has 0 saturated heterocycles. The number of furan rings is 1. The zero-order chi connectivity index (χ0) is 17.2. The number of benzene rings is 1. The molecular formula is C19H27N3O2. The van der Waals surface area contributed by atoms with Crippen LogP contribution in [0.5, 0.6) is 5.75 Å². The van der Waals surface area contributed by atoms with E-state index in [1.54, 1.807) is 13.3 Å². The summed E-state index contributed by atoms with van der Waals surface area (Å²) >= 11 is 0. The molecule has 130 valence electrons. The molecule has 5 heteroatoms. The predicted octanol–water partition coefficient (Wildman–Crippen LogP) is 3.22. The molecule has 0 saturated carbocycles.